The van der Waals surface area contributed by atoms with Gasteiger partial charge in [-0.1, -0.05) is 11.6 Å². The Hall–Kier alpha value is -0.870. The minimum Gasteiger partial charge on any atom is -0.302 e. The van der Waals surface area contributed by atoms with Crippen LogP contribution in [0.4, 0.5) is 0 Å². The van der Waals surface area contributed by atoms with E-state index in [0.717, 1.165) is 24.5 Å². The molecule has 0 N–H and O–H groups in total. The summed E-state index contributed by atoms with van der Waals surface area (Å²) in [6.07, 6.45) is 4.57. The molecule has 0 fully saturated rings. The molecule has 0 atom stereocenters. The Morgan fingerprint density at radius 3 is 2.86 bits per heavy atom. The van der Waals surface area contributed by atoms with E-state index in [-0.39, 0.29) is 18.2 Å². The fourth-order valence-electron chi connectivity index (χ4n) is 2.70. The summed E-state index contributed by atoms with van der Waals surface area (Å²) in [6.45, 7) is 3.50. The van der Waals surface area contributed by atoms with Crippen LogP contribution < -0.4 is 0 Å². The number of allylic oxidation sites excluding steroid dienone is 1. The quantitative estimate of drug-likeness (QED) is 0.746. The van der Waals surface area contributed by atoms with Crippen LogP contribution in [0.3, 0.4) is 0 Å². The van der Waals surface area contributed by atoms with E-state index in [2.05, 4.69) is 18.0 Å². The number of halogens is 2. The van der Waals surface area contributed by atoms with Gasteiger partial charge in [-0.15, -0.1) is 23.7 Å². The Morgan fingerprint density at radius 2 is 2.14 bits per heavy atom. The lowest BCUT2D eigenvalue weighted by Crippen LogP contribution is -2.18. The van der Waals surface area contributed by atoms with Crippen LogP contribution in [0.1, 0.15) is 22.9 Å². The maximum atomic E-state index is 11.2. The van der Waals surface area contributed by atoms with Crippen LogP contribution in [0.5, 0.6) is 0 Å². The minimum absolute atomic E-state index is 0. The van der Waals surface area contributed by atoms with Gasteiger partial charge in [-0.2, -0.15) is 0 Å². The van der Waals surface area contributed by atoms with Crippen LogP contribution in [0.15, 0.2) is 18.2 Å². The molecule has 0 radical (unpaired) electrons. The highest BCUT2D eigenvalue weighted by atomic mass is 35.5. The lowest BCUT2D eigenvalue weighted by Gasteiger charge is -2.13. The SMILES string of the molecule is CC(=O)/C=C/c1sc2ccc(Cl)c3c2c1CN(C)CC3.Cl. The molecule has 1 aliphatic heterocycles. The van der Waals surface area contributed by atoms with Crippen molar-refractivity contribution in [1.29, 1.82) is 0 Å². The standard InChI is InChI=1S/C16H16ClNOS.ClH/c1-10(19)3-5-14-12-9-18(2)8-7-11-13(17)4-6-15(20-14)16(11)12;/h3-6H,7-9H2,1-2H3;1H/b5-3+;. The van der Waals surface area contributed by atoms with Gasteiger partial charge in [0.05, 0.1) is 0 Å². The van der Waals surface area contributed by atoms with Crippen LogP contribution in [0.25, 0.3) is 16.2 Å². The van der Waals surface area contributed by atoms with Crippen molar-refractivity contribution in [1.82, 2.24) is 4.90 Å². The molecule has 1 aromatic carbocycles. The normalized spacial score (nSPS) is 15.2. The summed E-state index contributed by atoms with van der Waals surface area (Å²) in [5.74, 6) is 0.0786. The zero-order valence-electron chi connectivity index (χ0n) is 12.0. The molecule has 0 aliphatic carbocycles. The fraction of sp³-hybridized carbons (Fsp3) is 0.312. The van der Waals surface area contributed by atoms with Gasteiger partial charge in [0.25, 0.3) is 0 Å². The van der Waals surface area contributed by atoms with Gasteiger partial charge in [0.2, 0.25) is 0 Å². The number of carbonyl (C=O) groups is 1. The number of hydrogen-bond acceptors (Lipinski definition) is 3. The predicted octanol–water partition coefficient (Wildman–Crippen LogP) is 4.57. The molecule has 3 rings (SSSR count). The molecule has 0 amide bonds. The number of ketones is 1. The minimum atomic E-state index is 0. The van der Waals surface area contributed by atoms with Gasteiger partial charge in [0.1, 0.15) is 0 Å². The van der Waals surface area contributed by atoms with Crippen molar-refractivity contribution in [3.63, 3.8) is 0 Å². The Morgan fingerprint density at radius 1 is 1.38 bits per heavy atom. The number of nitrogens with zero attached hydrogens (tertiary/aromatic N) is 1. The first-order valence-electron chi connectivity index (χ1n) is 6.66. The Bertz CT molecular complexity index is 721. The molecule has 2 aromatic rings. The second kappa shape index (κ2) is 6.49. The second-order valence-electron chi connectivity index (χ2n) is 5.28. The monoisotopic (exact) mass is 341 g/mol. The van der Waals surface area contributed by atoms with Gasteiger partial charge in [-0.3, -0.25) is 4.79 Å². The van der Waals surface area contributed by atoms with Gasteiger partial charge in [0.15, 0.2) is 5.78 Å². The molecular weight excluding hydrogens is 325 g/mol. The van der Waals surface area contributed by atoms with E-state index in [0.29, 0.717) is 0 Å². The third kappa shape index (κ3) is 3.16. The number of carbonyl (C=O) groups excluding carboxylic acids is 1. The molecule has 21 heavy (non-hydrogen) atoms. The molecule has 5 heteroatoms. The lowest BCUT2D eigenvalue weighted by atomic mass is 10.0. The van der Waals surface area contributed by atoms with E-state index in [1.807, 2.05) is 12.1 Å². The molecule has 0 spiro atoms. The summed E-state index contributed by atoms with van der Waals surface area (Å²) in [5, 5.41) is 2.16. The van der Waals surface area contributed by atoms with Crippen molar-refractivity contribution >= 4 is 57.3 Å². The number of benzene rings is 1. The molecule has 2 nitrogen and oxygen atoms in total. The van der Waals surface area contributed by atoms with Gasteiger partial charge < -0.3 is 4.90 Å². The largest absolute Gasteiger partial charge is 0.302 e. The van der Waals surface area contributed by atoms with Crippen LogP contribution in [0, 0.1) is 0 Å². The van der Waals surface area contributed by atoms with Crippen molar-refractivity contribution in [3.05, 3.63) is 39.2 Å². The Balaban J connectivity index is 0.00000161. The molecule has 0 bridgehead atoms. The first-order chi connectivity index (χ1) is 9.56. The number of rotatable bonds is 2. The summed E-state index contributed by atoms with van der Waals surface area (Å²) in [5.41, 5.74) is 2.56. The summed E-state index contributed by atoms with van der Waals surface area (Å²) < 4.78 is 1.26. The molecule has 112 valence electrons. The smallest absolute Gasteiger partial charge is 0.152 e. The zero-order valence-corrected chi connectivity index (χ0v) is 14.4. The van der Waals surface area contributed by atoms with E-state index in [1.54, 1.807) is 24.3 Å². The van der Waals surface area contributed by atoms with Gasteiger partial charge in [-0.25, -0.2) is 0 Å². The van der Waals surface area contributed by atoms with Crippen molar-refractivity contribution in [2.24, 2.45) is 0 Å². The Labute approximate surface area is 139 Å². The van der Waals surface area contributed by atoms with Gasteiger partial charge in [-0.05, 0) is 55.8 Å². The number of hydrogen-bond donors (Lipinski definition) is 0. The van der Waals surface area contributed by atoms with E-state index in [9.17, 15) is 4.79 Å². The van der Waals surface area contributed by atoms with Crippen molar-refractivity contribution < 1.29 is 4.79 Å². The molecular formula is C16H17Cl2NOS. The van der Waals surface area contributed by atoms with E-state index < -0.39 is 0 Å². The molecule has 2 heterocycles. The topological polar surface area (TPSA) is 20.3 Å². The molecule has 0 saturated carbocycles. The molecule has 1 aliphatic rings. The third-order valence-electron chi connectivity index (χ3n) is 3.68. The first kappa shape index (κ1) is 16.5. The maximum Gasteiger partial charge on any atom is 0.152 e. The highest BCUT2D eigenvalue weighted by Crippen LogP contribution is 2.39. The summed E-state index contributed by atoms with van der Waals surface area (Å²) in [6, 6.07) is 4.08. The summed E-state index contributed by atoms with van der Waals surface area (Å²) in [4.78, 5) is 14.7. The highest BCUT2D eigenvalue weighted by molar-refractivity contribution is 7.20. The van der Waals surface area contributed by atoms with E-state index in [1.165, 1.54) is 26.1 Å². The average Bonchev–Trinajstić information content (AvgIpc) is 2.62. The zero-order chi connectivity index (χ0) is 14.3. The summed E-state index contributed by atoms with van der Waals surface area (Å²) >= 11 is 8.12. The molecule has 0 saturated heterocycles. The van der Waals surface area contributed by atoms with Gasteiger partial charge in [0, 0.05) is 33.1 Å². The molecule has 0 unspecified atom stereocenters. The lowest BCUT2D eigenvalue weighted by molar-refractivity contribution is -0.112. The second-order valence-corrected chi connectivity index (χ2v) is 6.77. The average molecular weight is 342 g/mol. The van der Waals surface area contributed by atoms with Crippen LogP contribution in [0.2, 0.25) is 5.02 Å². The Kier molecular flexibility index (Phi) is 5.10. The van der Waals surface area contributed by atoms with Crippen LogP contribution in [-0.2, 0) is 17.8 Å². The van der Waals surface area contributed by atoms with Crippen LogP contribution in [-0.4, -0.2) is 24.3 Å². The highest BCUT2D eigenvalue weighted by Gasteiger charge is 2.20. The van der Waals surface area contributed by atoms with Crippen molar-refractivity contribution in [2.75, 3.05) is 13.6 Å². The van der Waals surface area contributed by atoms with Crippen molar-refractivity contribution in [3.8, 4) is 0 Å². The third-order valence-corrected chi connectivity index (χ3v) is 5.19. The maximum absolute atomic E-state index is 11.2. The van der Waals surface area contributed by atoms with Crippen LogP contribution >= 0.6 is 35.3 Å². The first-order valence-corrected chi connectivity index (χ1v) is 7.85. The number of likely N-dealkylation sites (N-methyl/N-ethyl adjacent to an activating group) is 1. The number of thiophene rings is 1. The van der Waals surface area contributed by atoms with Gasteiger partial charge >= 0.3 is 0 Å². The predicted molar refractivity (Wildman–Crippen MR) is 93.8 cm³/mol. The van der Waals surface area contributed by atoms with E-state index >= 15 is 0 Å². The van der Waals surface area contributed by atoms with E-state index in [4.69, 9.17) is 11.6 Å². The van der Waals surface area contributed by atoms with Crippen molar-refractivity contribution in [2.45, 2.75) is 19.9 Å². The summed E-state index contributed by atoms with van der Waals surface area (Å²) in [7, 11) is 2.13. The fourth-order valence-corrected chi connectivity index (χ4v) is 4.10. The molecule has 1 aromatic heterocycles.